The van der Waals surface area contributed by atoms with E-state index < -0.39 is 48.8 Å². The molecule has 2 heterocycles. The van der Waals surface area contributed by atoms with Crippen LogP contribution in [0.3, 0.4) is 0 Å². The van der Waals surface area contributed by atoms with E-state index in [0.717, 1.165) is 46.2 Å². The molecule has 200 valence electrons. The van der Waals surface area contributed by atoms with Gasteiger partial charge in [-0.2, -0.15) is 0 Å². The molecule has 0 saturated carbocycles. The molecule has 8 nitrogen and oxygen atoms in total. The Labute approximate surface area is 221 Å². The van der Waals surface area contributed by atoms with Gasteiger partial charge in [-0.05, 0) is 59.4 Å². The molecular formula is C30H32O8. The van der Waals surface area contributed by atoms with Crippen LogP contribution < -0.4 is 0 Å². The Morgan fingerprint density at radius 2 is 1.08 bits per heavy atom. The van der Waals surface area contributed by atoms with Gasteiger partial charge in [0, 0.05) is 24.0 Å². The number of hydrogen-bond acceptors (Lipinski definition) is 8. The lowest BCUT2D eigenvalue weighted by atomic mass is 9.84. The van der Waals surface area contributed by atoms with Crippen LogP contribution >= 0.6 is 0 Å². The predicted molar refractivity (Wildman–Crippen MR) is 138 cm³/mol. The predicted octanol–water partition coefficient (Wildman–Crippen LogP) is -0.102. The lowest BCUT2D eigenvalue weighted by Gasteiger charge is -2.33. The molecule has 2 aromatic carbocycles. The summed E-state index contributed by atoms with van der Waals surface area (Å²) in [7, 11) is 0. The summed E-state index contributed by atoms with van der Waals surface area (Å²) in [5.74, 6) is 11.9. The van der Waals surface area contributed by atoms with Crippen LogP contribution in [0.4, 0.5) is 0 Å². The van der Waals surface area contributed by atoms with Crippen molar-refractivity contribution in [1.82, 2.24) is 0 Å². The molecule has 0 aromatic heterocycles. The third kappa shape index (κ3) is 5.64. The average molecular weight is 521 g/mol. The Kier molecular flexibility index (Phi) is 8.15. The van der Waals surface area contributed by atoms with Gasteiger partial charge in [-0.15, -0.1) is 0 Å². The molecular weight excluding hydrogens is 488 g/mol. The SMILES string of the molecule is OC[C@@H]1C[C@H](O)[C@H](O)[C@@H](C#Cc2ccc3c(c2)CCc2cc(C#C[C@H]4O[C@H](CO)C[C@H](O)[C@@H]4O)ccc2-3)O1. The summed E-state index contributed by atoms with van der Waals surface area (Å²) in [4.78, 5) is 0. The number of benzene rings is 2. The van der Waals surface area contributed by atoms with Gasteiger partial charge in [-0.3, -0.25) is 0 Å². The first-order chi connectivity index (χ1) is 18.4. The molecule has 0 unspecified atom stereocenters. The van der Waals surface area contributed by atoms with Crippen molar-refractivity contribution < 1.29 is 40.1 Å². The van der Waals surface area contributed by atoms with Crippen molar-refractivity contribution in [3.8, 4) is 34.8 Å². The van der Waals surface area contributed by atoms with E-state index in [-0.39, 0.29) is 26.1 Å². The van der Waals surface area contributed by atoms with E-state index in [4.69, 9.17) is 9.47 Å². The Balaban J connectivity index is 1.32. The van der Waals surface area contributed by atoms with Gasteiger partial charge in [0.2, 0.25) is 0 Å². The van der Waals surface area contributed by atoms with Crippen LogP contribution in [0.2, 0.25) is 0 Å². The molecule has 8 atom stereocenters. The van der Waals surface area contributed by atoms with E-state index >= 15 is 0 Å². The maximum absolute atomic E-state index is 10.2. The highest BCUT2D eigenvalue weighted by molar-refractivity contribution is 5.74. The molecule has 3 aliphatic rings. The first kappa shape index (κ1) is 26.8. The van der Waals surface area contributed by atoms with Crippen molar-refractivity contribution in [1.29, 1.82) is 0 Å². The maximum Gasteiger partial charge on any atom is 0.147 e. The van der Waals surface area contributed by atoms with Gasteiger partial charge in [-0.25, -0.2) is 0 Å². The maximum atomic E-state index is 10.2. The van der Waals surface area contributed by atoms with E-state index in [9.17, 15) is 30.6 Å². The van der Waals surface area contributed by atoms with Crippen molar-refractivity contribution in [2.24, 2.45) is 0 Å². The van der Waals surface area contributed by atoms with Gasteiger partial charge in [0.25, 0.3) is 0 Å². The molecule has 38 heavy (non-hydrogen) atoms. The van der Waals surface area contributed by atoms with Crippen molar-refractivity contribution in [2.45, 2.75) is 74.5 Å². The fourth-order valence-corrected chi connectivity index (χ4v) is 5.24. The highest BCUT2D eigenvalue weighted by atomic mass is 16.5. The minimum absolute atomic E-state index is 0.172. The molecule has 2 aromatic rings. The highest BCUT2D eigenvalue weighted by Crippen LogP contribution is 2.34. The number of aliphatic hydroxyl groups is 6. The second-order valence-corrected chi connectivity index (χ2v) is 10.1. The lowest BCUT2D eigenvalue weighted by Crippen LogP contribution is -2.48. The van der Waals surface area contributed by atoms with Crippen LogP contribution in [0.15, 0.2) is 36.4 Å². The molecule has 1 aliphatic carbocycles. The van der Waals surface area contributed by atoms with Crippen molar-refractivity contribution in [3.63, 3.8) is 0 Å². The fourth-order valence-electron chi connectivity index (χ4n) is 5.24. The lowest BCUT2D eigenvalue weighted by molar-refractivity contribution is -0.157. The Morgan fingerprint density at radius 3 is 1.47 bits per heavy atom. The topological polar surface area (TPSA) is 140 Å². The Bertz CT molecular complexity index is 1190. The summed E-state index contributed by atoms with van der Waals surface area (Å²) in [6.07, 6.45) is -5.08. The summed E-state index contributed by atoms with van der Waals surface area (Å²) in [6.45, 7) is -0.478. The van der Waals surface area contributed by atoms with E-state index in [1.54, 1.807) is 0 Å². The molecule has 0 radical (unpaired) electrons. The summed E-state index contributed by atoms with van der Waals surface area (Å²) < 4.78 is 11.2. The second kappa shape index (κ2) is 11.5. The minimum atomic E-state index is -1.12. The fraction of sp³-hybridized carbons (Fsp3) is 0.467. The third-order valence-corrected chi connectivity index (χ3v) is 7.38. The normalized spacial score (nSPS) is 32.2. The van der Waals surface area contributed by atoms with E-state index in [0.29, 0.717) is 0 Å². The number of ether oxygens (including phenoxy) is 2. The third-order valence-electron chi connectivity index (χ3n) is 7.38. The summed E-state index contributed by atoms with van der Waals surface area (Å²) in [5, 5.41) is 59.1. The van der Waals surface area contributed by atoms with Crippen molar-refractivity contribution in [2.75, 3.05) is 13.2 Å². The zero-order valence-corrected chi connectivity index (χ0v) is 20.8. The number of rotatable bonds is 2. The summed E-state index contributed by atoms with van der Waals surface area (Å²) in [5.41, 5.74) is 6.09. The van der Waals surface area contributed by atoms with Gasteiger partial charge in [0.15, 0.2) is 0 Å². The zero-order chi connectivity index (χ0) is 26.8. The van der Waals surface area contributed by atoms with E-state index in [1.165, 1.54) is 0 Å². The standard InChI is InChI=1S/C30H32O8/c31-15-21-13-25(33)29(35)27(37-21)9-3-17-1-7-23-19(11-17)5-6-20-12-18(2-8-24(20)23)4-10-28-30(36)26(34)14-22(16-32)38-28/h1-2,7-8,11-12,21-22,25-36H,5-6,13-16H2/t21-,22-,25-,26-,27+,28+,29-,30-/m0/s1. The molecule has 8 heteroatoms. The van der Waals surface area contributed by atoms with Crippen molar-refractivity contribution >= 4 is 0 Å². The molecule has 6 N–H and O–H groups in total. The van der Waals surface area contributed by atoms with Gasteiger partial charge in [0.1, 0.15) is 24.4 Å². The second-order valence-electron chi connectivity index (χ2n) is 10.1. The zero-order valence-electron chi connectivity index (χ0n) is 20.8. The van der Waals surface area contributed by atoms with Crippen LogP contribution in [-0.2, 0) is 22.3 Å². The number of fused-ring (bicyclic) bond motifs is 3. The number of aliphatic hydroxyl groups excluding tert-OH is 6. The summed E-state index contributed by atoms with van der Waals surface area (Å²) >= 11 is 0. The molecule has 2 saturated heterocycles. The number of hydrogen-bond donors (Lipinski definition) is 6. The molecule has 2 fully saturated rings. The monoisotopic (exact) mass is 520 g/mol. The number of aryl methyl sites for hydroxylation is 2. The van der Waals surface area contributed by atoms with E-state index in [2.05, 4.69) is 23.7 Å². The van der Waals surface area contributed by atoms with Crippen LogP contribution in [0, 0.1) is 23.7 Å². The first-order valence-electron chi connectivity index (χ1n) is 12.9. The molecule has 0 bridgehead atoms. The van der Waals surface area contributed by atoms with Crippen LogP contribution in [-0.4, -0.2) is 92.7 Å². The molecule has 5 rings (SSSR count). The average Bonchev–Trinajstić information content (AvgIpc) is 2.93. The van der Waals surface area contributed by atoms with E-state index in [1.807, 2.05) is 36.4 Å². The van der Waals surface area contributed by atoms with Gasteiger partial charge in [-0.1, -0.05) is 35.8 Å². The van der Waals surface area contributed by atoms with Gasteiger partial charge in [0.05, 0.1) is 37.6 Å². The van der Waals surface area contributed by atoms with Crippen LogP contribution in [0.25, 0.3) is 11.1 Å². The molecule has 0 spiro atoms. The van der Waals surface area contributed by atoms with Gasteiger partial charge < -0.3 is 40.1 Å². The Hall–Kier alpha value is -2.76. The molecule has 0 amide bonds. The van der Waals surface area contributed by atoms with Crippen LogP contribution in [0.1, 0.15) is 35.1 Å². The van der Waals surface area contributed by atoms with Crippen molar-refractivity contribution in [3.05, 3.63) is 58.7 Å². The largest absolute Gasteiger partial charge is 0.394 e. The van der Waals surface area contributed by atoms with Gasteiger partial charge >= 0.3 is 0 Å². The smallest absolute Gasteiger partial charge is 0.147 e. The summed E-state index contributed by atoms with van der Waals surface area (Å²) in [6, 6.07) is 11.9. The molecule has 2 aliphatic heterocycles. The Morgan fingerprint density at radius 1 is 0.658 bits per heavy atom. The quantitative estimate of drug-likeness (QED) is 0.302. The highest BCUT2D eigenvalue weighted by Gasteiger charge is 2.36. The minimum Gasteiger partial charge on any atom is -0.394 e. The van der Waals surface area contributed by atoms with Crippen LogP contribution in [0.5, 0.6) is 0 Å². The first-order valence-corrected chi connectivity index (χ1v) is 12.9.